The molecule has 0 bridgehead atoms. The zero-order valence-electron chi connectivity index (χ0n) is 16.1. The maximum Gasteiger partial charge on any atom is 0.257 e. The summed E-state index contributed by atoms with van der Waals surface area (Å²) in [6, 6.07) is 7.33. The summed E-state index contributed by atoms with van der Waals surface area (Å²) in [4.78, 5) is 25.6. The van der Waals surface area contributed by atoms with Crippen LogP contribution in [0.2, 0.25) is 0 Å². The van der Waals surface area contributed by atoms with E-state index in [1.807, 2.05) is 17.9 Å². The average molecular weight is 382 g/mol. The van der Waals surface area contributed by atoms with E-state index in [4.69, 9.17) is 9.47 Å². The maximum atomic E-state index is 13.1. The number of hydrogen-bond donors (Lipinski definition) is 0. The Balaban J connectivity index is 1.53. The number of aryl methyl sites for hydroxylation is 1. The average Bonchev–Trinajstić information content (AvgIpc) is 3.20. The molecule has 3 heterocycles. The van der Waals surface area contributed by atoms with Gasteiger partial charge >= 0.3 is 0 Å². The third kappa shape index (κ3) is 3.08. The number of methoxy groups -OCH3 is 2. The third-order valence-corrected chi connectivity index (χ3v) is 4.89. The molecule has 0 radical (unpaired) electrons. The molecule has 1 fully saturated rings. The van der Waals surface area contributed by atoms with Gasteiger partial charge in [-0.3, -0.25) is 4.79 Å². The molecule has 1 aliphatic heterocycles. The minimum Gasteiger partial charge on any atom is -0.493 e. The first-order valence-electron chi connectivity index (χ1n) is 9.05. The van der Waals surface area contributed by atoms with Crippen molar-refractivity contribution in [1.29, 1.82) is 0 Å². The number of benzene rings is 1. The predicted molar refractivity (Wildman–Crippen MR) is 103 cm³/mol. The Morgan fingerprint density at radius 1 is 1.11 bits per heavy atom. The van der Waals surface area contributed by atoms with Gasteiger partial charge in [0.25, 0.3) is 11.7 Å². The third-order valence-electron chi connectivity index (χ3n) is 4.89. The lowest BCUT2D eigenvalue weighted by atomic mass is 10.1. The SMILES string of the molecule is COc1cccc(C(=O)N2CCN(c3cc(C)nc4ncnn34)CC2)c1OC. The van der Waals surface area contributed by atoms with Crippen LogP contribution in [-0.2, 0) is 0 Å². The Labute approximate surface area is 162 Å². The van der Waals surface area contributed by atoms with Crippen molar-refractivity contribution < 1.29 is 14.3 Å². The molecule has 1 amide bonds. The van der Waals surface area contributed by atoms with Crippen LogP contribution in [-0.4, -0.2) is 70.8 Å². The van der Waals surface area contributed by atoms with Crippen molar-refractivity contribution in [2.75, 3.05) is 45.3 Å². The normalized spacial score (nSPS) is 14.4. The molecule has 0 N–H and O–H groups in total. The molecule has 1 aliphatic rings. The number of carbonyl (C=O) groups is 1. The summed E-state index contributed by atoms with van der Waals surface area (Å²) in [5.74, 6) is 2.47. The van der Waals surface area contributed by atoms with Gasteiger partial charge in [0.15, 0.2) is 11.5 Å². The van der Waals surface area contributed by atoms with Crippen LogP contribution in [0, 0.1) is 6.92 Å². The lowest BCUT2D eigenvalue weighted by Crippen LogP contribution is -2.49. The predicted octanol–water partition coefficient (Wildman–Crippen LogP) is 1.41. The van der Waals surface area contributed by atoms with Gasteiger partial charge in [0, 0.05) is 37.9 Å². The van der Waals surface area contributed by atoms with Gasteiger partial charge in [0.05, 0.1) is 19.8 Å². The Bertz CT molecular complexity index is 1010. The monoisotopic (exact) mass is 382 g/mol. The number of amides is 1. The number of fused-ring (bicyclic) bond motifs is 1. The van der Waals surface area contributed by atoms with Crippen LogP contribution in [0.25, 0.3) is 5.78 Å². The molecule has 9 nitrogen and oxygen atoms in total. The highest BCUT2D eigenvalue weighted by Crippen LogP contribution is 2.31. The number of hydrogen-bond acceptors (Lipinski definition) is 7. The highest BCUT2D eigenvalue weighted by atomic mass is 16.5. The van der Waals surface area contributed by atoms with E-state index < -0.39 is 0 Å². The van der Waals surface area contributed by atoms with Crippen molar-refractivity contribution in [3.8, 4) is 11.5 Å². The zero-order chi connectivity index (χ0) is 19.7. The van der Waals surface area contributed by atoms with Crippen LogP contribution in [0.15, 0.2) is 30.6 Å². The highest BCUT2D eigenvalue weighted by molar-refractivity contribution is 5.98. The molecule has 1 saturated heterocycles. The molecule has 9 heteroatoms. The van der Waals surface area contributed by atoms with E-state index in [1.165, 1.54) is 6.33 Å². The fourth-order valence-corrected chi connectivity index (χ4v) is 3.50. The summed E-state index contributed by atoms with van der Waals surface area (Å²) in [5, 5.41) is 4.27. The molecule has 3 aromatic rings. The van der Waals surface area contributed by atoms with Gasteiger partial charge in [-0.25, -0.2) is 4.98 Å². The summed E-state index contributed by atoms with van der Waals surface area (Å²) >= 11 is 0. The summed E-state index contributed by atoms with van der Waals surface area (Å²) in [5.41, 5.74) is 1.39. The van der Waals surface area contributed by atoms with Gasteiger partial charge in [-0.2, -0.15) is 14.6 Å². The number of para-hydroxylation sites is 1. The van der Waals surface area contributed by atoms with Crippen LogP contribution in [0.5, 0.6) is 11.5 Å². The molecule has 2 aromatic heterocycles. The number of piperazine rings is 1. The second-order valence-corrected chi connectivity index (χ2v) is 6.55. The van der Waals surface area contributed by atoms with Crippen molar-refractivity contribution in [3.63, 3.8) is 0 Å². The Morgan fingerprint density at radius 3 is 2.61 bits per heavy atom. The van der Waals surface area contributed by atoms with Crippen molar-refractivity contribution >= 4 is 17.5 Å². The number of carbonyl (C=O) groups excluding carboxylic acids is 1. The van der Waals surface area contributed by atoms with E-state index in [1.54, 1.807) is 36.9 Å². The smallest absolute Gasteiger partial charge is 0.257 e. The van der Waals surface area contributed by atoms with E-state index in [2.05, 4.69) is 20.0 Å². The molecule has 4 rings (SSSR count). The number of anilines is 1. The van der Waals surface area contributed by atoms with Crippen molar-refractivity contribution in [3.05, 3.63) is 41.9 Å². The van der Waals surface area contributed by atoms with Gasteiger partial charge in [0.2, 0.25) is 0 Å². The first kappa shape index (κ1) is 18.0. The molecular formula is C19H22N6O3. The summed E-state index contributed by atoms with van der Waals surface area (Å²) < 4.78 is 12.5. The Morgan fingerprint density at radius 2 is 1.89 bits per heavy atom. The van der Waals surface area contributed by atoms with E-state index in [0.29, 0.717) is 49.0 Å². The molecule has 1 aromatic carbocycles. The molecule has 0 aliphatic carbocycles. The molecule has 0 spiro atoms. The lowest BCUT2D eigenvalue weighted by Gasteiger charge is -2.36. The van der Waals surface area contributed by atoms with E-state index in [0.717, 1.165) is 11.5 Å². The first-order chi connectivity index (χ1) is 13.6. The van der Waals surface area contributed by atoms with Crippen molar-refractivity contribution in [2.24, 2.45) is 0 Å². The second kappa shape index (κ2) is 7.34. The van der Waals surface area contributed by atoms with Crippen LogP contribution in [0.1, 0.15) is 16.1 Å². The number of rotatable bonds is 4. The zero-order valence-corrected chi connectivity index (χ0v) is 16.1. The summed E-state index contributed by atoms with van der Waals surface area (Å²) in [6.45, 7) is 4.51. The minimum absolute atomic E-state index is 0.0628. The van der Waals surface area contributed by atoms with Crippen LogP contribution in [0.3, 0.4) is 0 Å². The van der Waals surface area contributed by atoms with Gasteiger partial charge in [0.1, 0.15) is 12.1 Å². The van der Waals surface area contributed by atoms with Crippen LogP contribution in [0.4, 0.5) is 5.82 Å². The molecule has 0 unspecified atom stereocenters. The first-order valence-corrected chi connectivity index (χ1v) is 9.05. The lowest BCUT2D eigenvalue weighted by molar-refractivity contribution is 0.0742. The molecule has 0 saturated carbocycles. The second-order valence-electron chi connectivity index (χ2n) is 6.55. The standard InChI is InChI=1S/C19H22N6O3/c1-13-11-16(25-19(22-13)20-12-21-25)23-7-9-24(10-8-23)18(26)14-5-4-6-15(27-2)17(14)28-3/h4-6,11-12H,7-10H2,1-3H3. The topological polar surface area (TPSA) is 85.1 Å². The molecule has 28 heavy (non-hydrogen) atoms. The molecular weight excluding hydrogens is 360 g/mol. The van der Waals surface area contributed by atoms with Crippen LogP contribution < -0.4 is 14.4 Å². The minimum atomic E-state index is -0.0628. The number of aromatic nitrogens is 4. The largest absolute Gasteiger partial charge is 0.493 e. The van der Waals surface area contributed by atoms with E-state index >= 15 is 0 Å². The highest BCUT2D eigenvalue weighted by Gasteiger charge is 2.26. The van der Waals surface area contributed by atoms with Crippen LogP contribution >= 0.6 is 0 Å². The fourth-order valence-electron chi connectivity index (χ4n) is 3.50. The van der Waals surface area contributed by atoms with E-state index in [9.17, 15) is 4.79 Å². The number of nitrogens with zero attached hydrogens (tertiary/aromatic N) is 6. The Kier molecular flexibility index (Phi) is 4.72. The van der Waals surface area contributed by atoms with E-state index in [-0.39, 0.29) is 5.91 Å². The number of ether oxygens (including phenoxy) is 2. The summed E-state index contributed by atoms with van der Waals surface area (Å²) in [6.07, 6.45) is 1.50. The van der Waals surface area contributed by atoms with Crippen molar-refractivity contribution in [1.82, 2.24) is 24.5 Å². The maximum absolute atomic E-state index is 13.1. The van der Waals surface area contributed by atoms with Gasteiger partial charge < -0.3 is 19.3 Å². The van der Waals surface area contributed by atoms with Gasteiger partial charge in [-0.15, -0.1) is 0 Å². The van der Waals surface area contributed by atoms with Gasteiger partial charge in [-0.1, -0.05) is 6.07 Å². The summed E-state index contributed by atoms with van der Waals surface area (Å²) in [7, 11) is 3.11. The quantitative estimate of drug-likeness (QED) is 0.674. The van der Waals surface area contributed by atoms with Crippen molar-refractivity contribution in [2.45, 2.75) is 6.92 Å². The molecule has 146 valence electrons. The fraction of sp³-hybridized carbons (Fsp3) is 0.368. The molecule has 0 atom stereocenters. The Hall–Kier alpha value is -3.36. The van der Waals surface area contributed by atoms with Gasteiger partial charge in [-0.05, 0) is 19.1 Å².